The van der Waals surface area contributed by atoms with E-state index in [0.29, 0.717) is 0 Å². The lowest BCUT2D eigenvalue weighted by atomic mass is 9.65. The summed E-state index contributed by atoms with van der Waals surface area (Å²) in [5.74, 6) is 1.51. The minimum atomic E-state index is -1.18. The number of benzene rings is 12. The smallest absolute Gasteiger partial charge is 0.134 e. The molecule has 8 nitrogen and oxygen atoms in total. The zero-order valence-corrected chi connectivity index (χ0v) is 48.8. The van der Waals surface area contributed by atoms with Gasteiger partial charge >= 0.3 is 0 Å². The second-order valence-electron chi connectivity index (χ2n) is 24.4. The highest BCUT2D eigenvalue weighted by molar-refractivity contribution is 6.15. The molecule has 2 aliphatic rings. The van der Waals surface area contributed by atoms with E-state index in [1.807, 2.05) is 0 Å². The zero-order chi connectivity index (χ0) is 59.2. The number of hydrogen-bond donors (Lipinski definition) is 0. The molecule has 19 aromatic rings. The predicted molar refractivity (Wildman–Crippen MR) is 371 cm³/mol. The first kappa shape index (κ1) is 48.8. The van der Waals surface area contributed by atoms with Crippen molar-refractivity contribution in [3.63, 3.8) is 0 Å². The first-order valence-corrected chi connectivity index (χ1v) is 31.1. The highest BCUT2D eigenvalue weighted by Crippen LogP contribution is 2.65. The van der Waals surface area contributed by atoms with Crippen molar-refractivity contribution >= 4 is 109 Å². The monoisotopic (exact) mass is 1160 g/mol. The number of pyridine rings is 2. The highest BCUT2D eigenvalue weighted by atomic mass is 16.5. The maximum absolute atomic E-state index is 7.72. The minimum Gasteiger partial charge on any atom is -0.457 e. The van der Waals surface area contributed by atoms with Gasteiger partial charge in [0.15, 0.2) is 0 Å². The molecule has 0 N–H and O–H groups in total. The van der Waals surface area contributed by atoms with E-state index in [1.54, 1.807) is 0 Å². The fourth-order valence-corrected chi connectivity index (χ4v) is 16.5. The Balaban J connectivity index is 0.936. The molecule has 21 rings (SSSR count). The molecule has 0 saturated carbocycles. The summed E-state index contributed by atoms with van der Waals surface area (Å²) in [7, 11) is 0. The first-order chi connectivity index (χ1) is 45.2. The molecular weight excluding hydrogens is 1110 g/mol. The topological polar surface area (TPSA) is 59.7 Å². The molecule has 422 valence electrons. The van der Waals surface area contributed by atoms with Gasteiger partial charge < -0.3 is 27.6 Å². The average Bonchev–Trinajstić information content (AvgIpc) is 1.56. The molecule has 7 aromatic heterocycles. The highest BCUT2D eigenvalue weighted by Gasteiger charge is 2.56. The van der Waals surface area contributed by atoms with Gasteiger partial charge in [0.1, 0.15) is 11.5 Å². The molecule has 8 heteroatoms. The lowest BCUT2D eigenvalue weighted by molar-refractivity contribution is 0.435. The SMILES string of the molecule is c1cc2c(c(-n3c4ccccc4c4ccccc43)c1)C1(c3cc(-n4c5ccccc5c5ccccc54)cnc3-c3ncc(-n4c5ccccc5c5ccccc54)cc31)c1c(cccc1-n1c3ccccc3c3cc(-n4c5ccccc5c5ccccc54)ccc31)O2. The Morgan fingerprint density at radius 1 is 0.242 bits per heavy atom. The third-order valence-electron chi connectivity index (χ3n) is 20.0. The number of ether oxygens (including phenoxy) is 1. The Hall–Kier alpha value is -12.3. The van der Waals surface area contributed by atoms with Gasteiger partial charge in [-0.2, -0.15) is 0 Å². The van der Waals surface area contributed by atoms with E-state index in [4.69, 9.17) is 14.7 Å². The second-order valence-corrected chi connectivity index (χ2v) is 24.4. The van der Waals surface area contributed by atoms with Crippen LogP contribution in [0.15, 0.2) is 298 Å². The summed E-state index contributed by atoms with van der Waals surface area (Å²) < 4.78 is 19.9. The maximum Gasteiger partial charge on any atom is 0.134 e. The van der Waals surface area contributed by atoms with E-state index in [-0.39, 0.29) is 0 Å². The molecule has 0 fully saturated rings. The summed E-state index contributed by atoms with van der Waals surface area (Å²) in [6.07, 6.45) is 4.13. The number of fused-ring (bicyclic) bond motifs is 24. The Bertz CT molecular complexity index is 6030. The van der Waals surface area contributed by atoms with Crippen LogP contribution in [0.5, 0.6) is 11.5 Å². The number of para-hydroxylation sites is 9. The van der Waals surface area contributed by atoms with Gasteiger partial charge in [0.05, 0.1) is 107 Å². The van der Waals surface area contributed by atoms with Crippen LogP contribution in [-0.2, 0) is 5.41 Å². The number of aromatic nitrogens is 7. The number of rotatable bonds is 5. The van der Waals surface area contributed by atoms with Crippen LogP contribution in [0.4, 0.5) is 0 Å². The summed E-state index contributed by atoms with van der Waals surface area (Å²) in [5, 5.41) is 11.8. The van der Waals surface area contributed by atoms with E-state index in [0.717, 1.165) is 128 Å². The van der Waals surface area contributed by atoms with E-state index >= 15 is 0 Å². The van der Waals surface area contributed by atoms with Crippen LogP contribution in [0.1, 0.15) is 22.3 Å². The quantitative estimate of drug-likeness (QED) is 0.173. The van der Waals surface area contributed by atoms with Crippen LogP contribution in [-0.4, -0.2) is 32.8 Å². The van der Waals surface area contributed by atoms with Gasteiger partial charge in [-0.25, -0.2) is 0 Å². The molecule has 0 unspecified atom stereocenters. The summed E-state index contributed by atoms with van der Waals surface area (Å²) >= 11 is 0. The van der Waals surface area contributed by atoms with E-state index in [9.17, 15) is 0 Å². The van der Waals surface area contributed by atoms with E-state index in [1.165, 1.54) is 54.1 Å². The van der Waals surface area contributed by atoms with Gasteiger partial charge in [-0.3, -0.25) is 9.97 Å². The van der Waals surface area contributed by atoms with Gasteiger partial charge in [-0.1, -0.05) is 176 Å². The normalized spacial score (nSPS) is 13.2. The lowest BCUT2D eigenvalue weighted by Crippen LogP contribution is -2.35. The molecule has 1 aliphatic carbocycles. The van der Waals surface area contributed by atoms with Crippen LogP contribution >= 0.6 is 0 Å². The molecular formula is C83H49N7O. The summed E-state index contributed by atoms with van der Waals surface area (Å²) in [6, 6.07) is 104. The molecule has 8 heterocycles. The molecule has 0 atom stereocenters. The Morgan fingerprint density at radius 2 is 0.527 bits per heavy atom. The molecule has 1 aliphatic heterocycles. The Kier molecular flexibility index (Phi) is 9.62. The average molecular weight is 1160 g/mol. The van der Waals surface area contributed by atoms with Crippen molar-refractivity contribution in [2.24, 2.45) is 0 Å². The summed E-state index contributed by atoms with van der Waals surface area (Å²) in [6.45, 7) is 0. The van der Waals surface area contributed by atoms with Gasteiger partial charge in [-0.05, 0) is 109 Å². The van der Waals surface area contributed by atoms with Crippen molar-refractivity contribution in [1.29, 1.82) is 0 Å². The van der Waals surface area contributed by atoms with Crippen molar-refractivity contribution in [3.8, 4) is 51.3 Å². The van der Waals surface area contributed by atoms with E-state index < -0.39 is 5.41 Å². The van der Waals surface area contributed by atoms with Crippen LogP contribution in [0.2, 0.25) is 0 Å². The van der Waals surface area contributed by atoms with E-state index in [2.05, 4.69) is 320 Å². The van der Waals surface area contributed by atoms with Gasteiger partial charge in [0.2, 0.25) is 0 Å². The van der Waals surface area contributed by atoms with Crippen LogP contribution in [0.3, 0.4) is 0 Å². The fourth-order valence-electron chi connectivity index (χ4n) is 16.5. The van der Waals surface area contributed by atoms with Crippen molar-refractivity contribution in [3.05, 3.63) is 320 Å². The van der Waals surface area contributed by atoms with Gasteiger partial charge in [0, 0.05) is 81.8 Å². The van der Waals surface area contributed by atoms with Gasteiger partial charge in [0.25, 0.3) is 0 Å². The number of nitrogens with zero attached hydrogens (tertiary/aromatic N) is 7. The van der Waals surface area contributed by atoms with Gasteiger partial charge in [-0.15, -0.1) is 0 Å². The fraction of sp³-hybridized carbons (Fsp3) is 0.0120. The molecule has 91 heavy (non-hydrogen) atoms. The Labute approximate surface area is 520 Å². The molecule has 0 saturated heterocycles. The van der Waals surface area contributed by atoms with Crippen LogP contribution in [0, 0.1) is 0 Å². The Morgan fingerprint density at radius 3 is 0.868 bits per heavy atom. The second kappa shape index (κ2) is 17.9. The molecule has 1 spiro atoms. The summed E-state index contributed by atoms with van der Waals surface area (Å²) in [5.41, 5.74) is 20.5. The zero-order valence-electron chi connectivity index (χ0n) is 48.8. The number of hydrogen-bond acceptors (Lipinski definition) is 3. The lowest BCUT2D eigenvalue weighted by Gasteiger charge is -2.42. The maximum atomic E-state index is 7.72. The first-order valence-electron chi connectivity index (χ1n) is 31.1. The predicted octanol–water partition coefficient (Wildman–Crippen LogP) is 20.4. The van der Waals surface area contributed by atoms with Crippen molar-refractivity contribution < 1.29 is 4.74 Å². The van der Waals surface area contributed by atoms with Crippen LogP contribution < -0.4 is 4.74 Å². The van der Waals surface area contributed by atoms with Crippen molar-refractivity contribution in [1.82, 2.24) is 32.8 Å². The molecule has 12 aromatic carbocycles. The summed E-state index contributed by atoms with van der Waals surface area (Å²) in [4.78, 5) is 11.5. The standard InChI is InChI=1S/C83H49N7O/c1-10-30-65-53(21-1)54-22-2-11-31-66(54)86(65)50-43-44-74-62(45-50)61-29-9-18-38-73(61)90(74)76-40-20-42-78-80(76)83(79-75(39-19-41-77(79)91-78)89-71-36-16-7-27-59(71)60-28-8-17-37-72(60)89)63-46-51(87-67-32-12-3-23-55(67)56-24-4-13-33-68(56)87)48-84-81(63)82-64(83)47-52(49-85-82)88-69-34-14-5-25-57(69)58-26-6-15-35-70(58)88/h1-49H. The molecule has 0 bridgehead atoms. The third-order valence-corrected chi connectivity index (χ3v) is 20.0. The molecule has 0 radical (unpaired) electrons. The largest absolute Gasteiger partial charge is 0.457 e. The van der Waals surface area contributed by atoms with Crippen molar-refractivity contribution in [2.75, 3.05) is 0 Å². The van der Waals surface area contributed by atoms with Crippen molar-refractivity contribution in [2.45, 2.75) is 5.41 Å². The molecule has 0 amide bonds. The third kappa shape index (κ3) is 6.32. The minimum absolute atomic E-state index is 0.750. The van der Waals surface area contributed by atoms with Crippen LogP contribution in [0.25, 0.3) is 149 Å².